The van der Waals surface area contributed by atoms with E-state index in [1.165, 1.54) is 6.07 Å². The van der Waals surface area contributed by atoms with Gasteiger partial charge in [0.1, 0.15) is 5.82 Å². The van der Waals surface area contributed by atoms with Crippen LogP contribution < -0.4 is 5.73 Å². The molecule has 0 atom stereocenters. The summed E-state index contributed by atoms with van der Waals surface area (Å²) in [5.74, 6) is -0.538. The number of fused-ring (bicyclic) bond motifs is 1. The molecule has 0 bridgehead atoms. The van der Waals surface area contributed by atoms with Gasteiger partial charge in [-0.25, -0.2) is 31.5 Å². The van der Waals surface area contributed by atoms with E-state index in [1.807, 2.05) is 10.6 Å². The minimum Gasteiger partial charge on any atom is -0.450 e. The zero-order valence-corrected chi connectivity index (χ0v) is 22.9. The number of benzene rings is 2. The fourth-order valence-corrected chi connectivity index (χ4v) is 6.16. The summed E-state index contributed by atoms with van der Waals surface area (Å²) in [5.41, 5.74) is 8.88. The van der Waals surface area contributed by atoms with Gasteiger partial charge in [-0.2, -0.15) is 0 Å². The number of halogens is 1. The first-order valence-corrected chi connectivity index (χ1v) is 14.4. The van der Waals surface area contributed by atoms with Crippen molar-refractivity contribution in [3.05, 3.63) is 54.6 Å². The number of rotatable bonds is 6. The molecule has 39 heavy (non-hydrogen) atoms. The fourth-order valence-electron chi connectivity index (χ4n) is 5.01. The number of ether oxygens (including phenoxy) is 1. The van der Waals surface area contributed by atoms with Crippen LogP contribution in [0.2, 0.25) is 0 Å². The van der Waals surface area contributed by atoms with Gasteiger partial charge in [-0.1, -0.05) is 18.2 Å². The zero-order valence-electron chi connectivity index (χ0n) is 22.0. The lowest BCUT2D eigenvalue weighted by molar-refractivity contribution is 0.0928. The Morgan fingerprint density at radius 3 is 2.56 bits per heavy atom. The monoisotopic (exact) mass is 554 g/mol. The lowest BCUT2D eigenvalue weighted by Crippen LogP contribution is -2.39. The molecule has 1 saturated heterocycles. The normalized spacial score (nSPS) is 14.8. The van der Waals surface area contributed by atoms with Crippen molar-refractivity contribution in [2.75, 3.05) is 25.4 Å². The molecule has 2 aromatic heterocycles. The Morgan fingerprint density at radius 2 is 1.90 bits per heavy atom. The number of aromatic nitrogens is 4. The summed E-state index contributed by atoms with van der Waals surface area (Å²) in [7, 11) is -3.80. The van der Waals surface area contributed by atoms with Crippen LogP contribution in [-0.4, -0.2) is 62.9 Å². The van der Waals surface area contributed by atoms with Gasteiger partial charge in [0.05, 0.1) is 40.6 Å². The molecule has 206 valence electrons. The first-order chi connectivity index (χ1) is 18.6. The summed E-state index contributed by atoms with van der Waals surface area (Å²) in [6.45, 7) is 6.26. The van der Waals surface area contributed by atoms with Crippen molar-refractivity contribution in [2.45, 2.75) is 44.9 Å². The van der Waals surface area contributed by atoms with E-state index < -0.39 is 21.1 Å². The Hall–Kier alpha value is -3.93. The van der Waals surface area contributed by atoms with Crippen molar-refractivity contribution in [3.8, 4) is 22.5 Å². The molecule has 4 aromatic rings. The van der Waals surface area contributed by atoms with Crippen LogP contribution in [0.3, 0.4) is 0 Å². The van der Waals surface area contributed by atoms with Crippen LogP contribution in [0.15, 0.2) is 48.8 Å². The predicted octanol–water partition coefficient (Wildman–Crippen LogP) is 4.67. The summed E-state index contributed by atoms with van der Waals surface area (Å²) in [4.78, 5) is 22.8. The molecular weight excluding hydrogens is 523 g/mol. The lowest BCUT2D eigenvalue weighted by atomic mass is 10.0. The summed E-state index contributed by atoms with van der Waals surface area (Å²) in [6.07, 6.45) is 2.64. The van der Waals surface area contributed by atoms with E-state index in [0.29, 0.717) is 66.1 Å². The largest absolute Gasteiger partial charge is 0.450 e. The number of anilines is 1. The van der Waals surface area contributed by atoms with Crippen LogP contribution in [0.4, 0.5) is 15.1 Å². The van der Waals surface area contributed by atoms with E-state index in [0.717, 1.165) is 3.97 Å². The maximum absolute atomic E-state index is 15.0. The quantitative estimate of drug-likeness (QED) is 0.367. The number of carbonyl (C=O) groups excluding carboxylic acids is 1. The number of nitrogens with zero attached hydrogens (tertiary/aromatic N) is 5. The molecule has 1 amide bonds. The second kappa shape index (κ2) is 10.3. The third kappa shape index (κ3) is 4.73. The highest BCUT2D eigenvalue weighted by Crippen LogP contribution is 2.38. The number of nitrogens with two attached hydrogens (primary N) is 1. The van der Waals surface area contributed by atoms with Crippen LogP contribution >= 0.6 is 0 Å². The molecular formula is C27H31FN6O4S. The third-order valence-electron chi connectivity index (χ3n) is 7.07. The van der Waals surface area contributed by atoms with Crippen LogP contribution in [0.1, 0.15) is 39.7 Å². The Morgan fingerprint density at radius 1 is 1.18 bits per heavy atom. The van der Waals surface area contributed by atoms with Gasteiger partial charge in [0, 0.05) is 30.3 Å². The number of amides is 1. The molecule has 0 unspecified atom stereocenters. The number of piperidine rings is 1. The number of nitrogen functional groups attached to an aromatic ring is 1. The second-order valence-corrected chi connectivity index (χ2v) is 12.1. The Labute approximate surface area is 226 Å². The Balaban J connectivity index is 1.64. The molecule has 0 aliphatic carbocycles. The number of imidazole rings is 2. The van der Waals surface area contributed by atoms with Crippen molar-refractivity contribution < 1.29 is 22.3 Å². The molecule has 0 saturated carbocycles. The number of hydrogen-bond acceptors (Lipinski definition) is 7. The van der Waals surface area contributed by atoms with Gasteiger partial charge in [-0.05, 0) is 57.9 Å². The maximum Gasteiger partial charge on any atom is 0.409 e. The number of likely N-dealkylation sites (tertiary alicyclic amines) is 1. The standard InChI is InChI=1S/C27H31FN6O4S/c1-4-38-27(35)32-13-11-19(12-14-32)33-16-30-24(20-7-5-6-8-21(20)28)25(33)18-9-10-22-23(15-18)34(26(29)31-22)39(36,37)17(2)3/h5-10,15-17,19H,4,11-14H2,1-3H3,(H2,29,31). The van der Waals surface area contributed by atoms with Crippen LogP contribution in [0, 0.1) is 5.82 Å². The summed E-state index contributed by atoms with van der Waals surface area (Å²) in [5, 5.41) is -0.718. The number of hydrogen-bond donors (Lipinski definition) is 1. The molecule has 0 radical (unpaired) electrons. The predicted molar refractivity (Wildman–Crippen MR) is 147 cm³/mol. The molecule has 2 aromatic carbocycles. The maximum atomic E-state index is 15.0. The average molecular weight is 555 g/mol. The smallest absolute Gasteiger partial charge is 0.409 e. The van der Waals surface area contributed by atoms with E-state index in [2.05, 4.69) is 9.97 Å². The van der Waals surface area contributed by atoms with Gasteiger partial charge in [0.2, 0.25) is 16.0 Å². The molecule has 1 aliphatic rings. The highest BCUT2D eigenvalue weighted by Gasteiger charge is 2.29. The van der Waals surface area contributed by atoms with E-state index in [1.54, 1.807) is 62.3 Å². The van der Waals surface area contributed by atoms with Gasteiger partial charge in [0.25, 0.3) is 0 Å². The molecule has 2 N–H and O–H groups in total. The van der Waals surface area contributed by atoms with Crippen LogP contribution in [-0.2, 0) is 14.8 Å². The van der Waals surface area contributed by atoms with Crippen LogP contribution in [0.5, 0.6) is 0 Å². The molecule has 1 fully saturated rings. The highest BCUT2D eigenvalue weighted by atomic mass is 32.2. The molecule has 10 nitrogen and oxygen atoms in total. The Kier molecular flexibility index (Phi) is 7.06. The van der Waals surface area contributed by atoms with E-state index in [-0.39, 0.29) is 18.1 Å². The van der Waals surface area contributed by atoms with Crippen molar-refractivity contribution in [1.82, 2.24) is 23.4 Å². The number of carbonyl (C=O) groups is 1. The third-order valence-corrected chi connectivity index (χ3v) is 9.15. The van der Waals surface area contributed by atoms with Crippen molar-refractivity contribution >= 4 is 33.1 Å². The lowest BCUT2D eigenvalue weighted by Gasteiger charge is -2.32. The topological polar surface area (TPSA) is 125 Å². The summed E-state index contributed by atoms with van der Waals surface area (Å²) < 4.78 is 49.5. The van der Waals surface area contributed by atoms with Crippen molar-refractivity contribution in [1.29, 1.82) is 0 Å². The van der Waals surface area contributed by atoms with Crippen molar-refractivity contribution in [3.63, 3.8) is 0 Å². The first-order valence-electron chi connectivity index (χ1n) is 12.9. The summed E-state index contributed by atoms with van der Waals surface area (Å²) >= 11 is 0. The van der Waals surface area contributed by atoms with Gasteiger partial charge < -0.3 is 19.9 Å². The van der Waals surface area contributed by atoms with E-state index in [9.17, 15) is 17.6 Å². The molecule has 12 heteroatoms. The van der Waals surface area contributed by atoms with Crippen LogP contribution in [0.25, 0.3) is 33.5 Å². The minimum absolute atomic E-state index is 0.0243. The molecule has 1 aliphatic heterocycles. The minimum atomic E-state index is -3.80. The van der Waals surface area contributed by atoms with E-state index in [4.69, 9.17) is 10.5 Å². The van der Waals surface area contributed by atoms with E-state index >= 15 is 0 Å². The first kappa shape index (κ1) is 26.7. The van der Waals surface area contributed by atoms with Gasteiger partial charge in [-0.3, -0.25) is 0 Å². The second-order valence-electron chi connectivity index (χ2n) is 9.78. The SMILES string of the molecule is CCOC(=O)N1CCC(n2cnc(-c3ccccc3F)c2-c2ccc3nc(N)n(S(=O)(=O)C(C)C)c3c2)CC1. The van der Waals surface area contributed by atoms with Gasteiger partial charge in [-0.15, -0.1) is 0 Å². The molecule has 5 rings (SSSR count). The van der Waals surface area contributed by atoms with Gasteiger partial charge >= 0.3 is 6.09 Å². The average Bonchev–Trinajstić information content (AvgIpc) is 3.49. The zero-order chi connectivity index (χ0) is 27.9. The highest BCUT2D eigenvalue weighted by molar-refractivity contribution is 7.90. The molecule has 0 spiro atoms. The molecule has 3 heterocycles. The fraction of sp³-hybridized carbons (Fsp3) is 0.370. The summed E-state index contributed by atoms with van der Waals surface area (Å²) in [6, 6.07) is 11.6. The Bertz CT molecular complexity index is 1640. The van der Waals surface area contributed by atoms with Gasteiger partial charge in [0.15, 0.2) is 0 Å². The van der Waals surface area contributed by atoms with Crippen molar-refractivity contribution in [2.24, 2.45) is 0 Å².